The summed E-state index contributed by atoms with van der Waals surface area (Å²) >= 11 is 0. The number of aromatic nitrogens is 2. The Morgan fingerprint density at radius 2 is 1.50 bits per heavy atom. The Hall–Kier alpha value is -2.73. The number of nitrogens with zero attached hydrogens (tertiary/aromatic N) is 3. The lowest BCUT2D eigenvalue weighted by Gasteiger charge is -2.18. The van der Waals surface area contributed by atoms with E-state index in [1.54, 1.807) is 0 Å². The Morgan fingerprint density at radius 1 is 0.900 bits per heavy atom. The summed E-state index contributed by atoms with van der Waals surface area (Å²) in [6, 6.07) is 0.487. The van der Waals surface area contributed by atoms with Gasteiger partial charge in [0, 0.05) is 12.1 Å². The van der Waals surface area contributed by atoms with Gasteiger partial charge >= 0.3 is 18.5 Å². The summed E-state index contributed by atoms with van der Waals surface area (Å²) in [5.41, 5.74) is -6.69. The monoisotopic (exact) mass is 447 g/mol. The summed E-state index contributed by atoms with van der Waals surface area (Å²) in [5, 5.41) is 0. The van der Waals surface area contributed by atoms with Crippen LogP contribution in [0.15, 0.2) is 29.3 Å². The Labute approximate surface area is 163 Å². The molecule has 0 fully saturated rings. The van der Waals surface area contributed by atoms with Gasteiger partial charge in [-0.05, 0) is 32.0 Å². The first kappa shape index (κ1) is 23.5. The zero-order chi connectivity index (χ0) is 23.1. The molecule has 166 valence electrons. The maximum atomic E-state index is 13.3. The maximum absolute atomic E-state index is 13.3. The number of alkyl halides is 9. The van der Waals surface area contributed by atoms with E-state index in [0.29, 0.717) is 18.2 Å². The molecule has 0 radical (unpaired) electrons. The molecule has 13 heteroatoms. The van der Waals surface area contributed by atoms with Gasteiger partial charge in [0.25, 0.3) is 0 Å². The number of hydrogen-bond acceptors (Lipinski definition) is 3. The quantitative estimate of drug-likeness (QED) is 0.562. The highest BCUT2D eigenvalue weighted by Gasteiger charge is 2.39. The number of ether oxygens (including phenoxy) is 1. The summed E-state index contributed by atoms with van der Waals surface area (Å²) in [6.07, 6.45) is -15.3. The summed E-state index contributed by atoms with van der Waals surface area (Å²) in [6.45, 7) is 2.96. The van der Waals surface area contributed by atoms with Gasteiger partial charge in [-0.25, -0.2) is 9.98 Å². The van der Waals surface area contributed by atoms with Crippen molar-refractivity contribution in [3.8, 4) is 5.88 Å². The number of benzene rings is 1. The van der Waals surface area contributed by atoms with Gasteiger partial charge in [0.2, 0.25) is 5.62 Å². The molecule has 1 heterocycles. The van der Waals surface area contributed by atoms with Crippen molar-refractivity contribution in [3.05, 3.63) is 46.7 Å². The summed E-state index contributed by atoms with van der Waals surface area (Å²) in [7, 11) is 1.04. The summed E-state index contributed by atoms with van der Waals surface area (Å²) < 4.78 is 124. The van der Waals surface area contributed by atoms with E-state index in [2.05, 4.69) is 9.98 Å². The Morgan fingerprint density at radius 3 is 1.93 bits per heavy atom. The van der Waals surface area contributed by atoms with Gasteiger partial charge in [-0.2, -0.15) is 39.5 Å². The van der Waals surface area contributed by atoms with E-state index >= 15 is 0 Å². The van der Waals surface area contributed by atoms with E-state index in [4.69, 9.17) is 4.74 Å². The molecule has 0 aliphatic carbocycles. The molecule has 2 rings (SSSR count). The van der Waals surface area contributed by atoms with Crippen molar-refractivity contribution in [1.82, 2.24) is 9.55 Å². The Bertz CT molecular complexity index is 986. The third-order valence-corrected chi connectivity index (χ3v) is 3.80. The van der Waals surface area contributed by atoms with Crippen LogP contribution in [0.3, 0.4) is 0 Å². The molecule has 2 aromatic rings. The first-order valence-corrected chi connectivity index (χ1v) is 8.13. The molecule has 0 N–H and O–H groups in total. The van der Waals surface area contributed by atoms with E-state index in [9.17, 15) is 39.5 Å². The smallest absolute Gasteiger partial charge is 0.433 e. The second-order valence-corrected chi connectivity index (χ2v) is 6.28. The van der Waals surface area contributed by atoms with E-state index in [1.165, 1.54) is 13.8 Å². The SMILES string of the molecule is COc1cc(C(F)(F)F)nc(=Nc2ccc(C(F)(F)F)cc2C(F)(F)F)n1C(C)C. The second-order valence-electron chi connectivity index (χ2n) is 6.28. The van der Waals surface area contributed by atoms with Crippen LogP contribution in [0.5, 0.6) is 5.88 Å². The van der Waals surface area contributed by atoms with Crippen LogP contribution in [0.2, 0.25) is 0 Å². The second kappa shape index (κ2) is 7.84. The van der Waals surface area contributed by atoms with Crippen LogP contribution >= 0.6 is 0 Å². The number of methoxy groups -OCH3 is 1. The predicted octanol–water partition coefficient (Wildman–Crippen LogP) is 5.76. The first-order chi connectivity index (χ1) is 13.6. The van der Waals surface area contributed by atoms with Gasteiger partial charge in [0.15, 0.2) is 11.6 Å². The van der Waals surface area contributed by atoms with Gasteiger partial charge in [-0.1, -0.05) is 0 Å². The molecule has 4 nitrogen and oxygen atoms in total. The minimum atomic E-state index is -5.26. The molecule has 0 unspecified atom stereocenters. The van der Waals surface area contributed by atoms with Gasteiger partial charge < -0.3 is 4.74 Å². The molecule has 0 atom stereocenters. The molecule has 0 saturated carbocycles. The maximum Gasteiger partial charge on any atom is 0.433 e. The van der Waals surface area contributed by atoms with Crippen LogP contribution in [-0.4, -0.2) is 16.7 Å². The highest BCUT2D eigenvalue weighted by atomic mass is 19.4. The van der Waals surface area contributed by atoms with Crippen molar-refractivity contribution in [2.24, 2.45) is 4.99 Å². The van der Waals surface area contributed by atoms with E-state index in [1.807, 2.05) is 0 Å². The van der Waals surface area contributed by atoms with Crippen molar-refractivity contribution in [2.75, 3.05) is 7.11 Å². The minimum absolute atomic E-state index is 0.163. The van der Waals surface area contributed by atoms with Crippen LogP contribution < -0.4 is 10.4 Å². The summed E-state index contributed by atoms with van der Waals surface area (Å²) in [5.74, 6) is -0.397. The number of halogens is 9. The molecular weight excluding hydrogens is 433 g/mol. The highest BCUT2D eigenvalue weighted by molar-refractivity contribution is 5.50. The lowest BCUT2D eigenvalue weighted by Crippen LogP contribution is -2.30. The molecule has 0 bridgehead atoms. The normalized spacial score (nSPS) is 13.8. The average molecular weight is 447 g/mol. The van der Waals surface area contributed by atoms with Gasteiger partial charge in [-0.15, -0.1) is 0 Å². The average Bonchev–Trinajstić information content (AvgIpc) is 2.58. The molecule has 0 saturated heterocycles. The first-order valence-electron chi connectivity index (χ1n) is 8.13. The van der Waals surface area contributed by atoms with Crippen LogP contribution in [0.4, 0.5) is 45.2 Å². The fourth-order valence-corrected chi connectivity index (χ4v) is 2.49. The van der Waals surface area contributed by atoms with Crippen molar-refractivity contribution >= 4 is 5.69 Å². The number of rotatable bonds is 3. The van der Waals surface area contributed by atoms with Crippen molar-refractivity contribution in [1.29, 1.82) is 0 Å². The van der Waals surface area contributed by atoms with Gasteiger partial charge in [0.1, 0.15) is 0 Å². The third kappa shape index (κ3) is 5.05. The fraction of sp³-hybridized carbons (Fsp3) is 0.412. The minimum Gasteiger partial charge on any atom is -0.482 e. The lowest BCUT2D eigenvalue weighted by molar-refractivity contribution is -0.143. The predicted molar refractivity (Wildman–Crippen MR) is 85.8 cm³/mol. The van der Waals surface area contributed by atoms with Crippen molar-refractivity contribution in [3.63, 3.8) is 0 Å². The Kier molecular flexibility index (Phi) is 6.15. The third-order valence-electron chi connectivity index (χ3n) is 3.80. The number of hydrogen-bond donors (Lipinski definition) is 0. The fourth-order valence-electron chi connectivity index (χ4n) is 2.49. The standard InChI is InChI=1S/C17H14F9N3O/c1-8(2)29-13(30-3)7-12(17(24,25)26)28-14(29)27-11-5-4-9(15(18,19)20)6-10(11)16(21,22)23/h4-8H,1-3H3. The molecule has 1 aromatic carbocycles. The molecule has 30 heavy (non-hydrogen) atoms. The molecular formula is C17H14F9N3O. The van der Waals surface area contributed by atoms with E-state index in [0.717, 1.165) is 11.7 Å². The largest absolute Gasteiger partial charge is 0.482 e. The van der Waals surface area contributed by atoms with Crippen molar-refractivity contribution < 1.29 is 44.3 Å². The summed E-state index contributed by atoms with van der Waals surface area (Å²) in [4.78, 5) is 6.78. The van der Waals surface area contributed by atoms with Crippen LogP contribution in [0, 0.1) is 0 Å². The molecule has 0 amide bonds. The van der Waals surface area contributed by atoms with Gasteiger partial charge in [-0.3, -0.25) is 4.57 Å². The lowest BCUT2D eigenvalue weighted by atomic mass is 10.1. The van der Waals surface area contributed by atoms with Crippen LogP contribution in [0.25, 0.3) is 0 Å². The van der Waals surface area contributed by atoms with Crippen molar-refractivity contribution in [2.45, 2.75) is 38.4 Å². The Balaban J connectivity index is 2.91. The van der Waals surface area contributed by atoms with Gasteiger partial charge in [0.05, 0.1) is 23.9 Å². The molecule has 1 aromatic heterocycles. The topological polar surface area (TPSA) is 39.4 Å². The zero-order valence-electron chi connectivity index (χ0n) is 15.5. The van der Waals surface area contributed by atoms with E-state index in [-0.39, 0.29) is 6.07 Å². The van der Waals surface area contributed by atoms with Crippen LogP contribution in [0.1, 0.15) is 36.7 Å². The zero-order valence-corrected chi connectivity index (χ0v) is 15.5. The van der Waals surface area contributed by atoms with E-state index < -0.39 is 58.6 Å². The molecule has 0 aliphatic heterocycles. The van der Waals surface area contributed by atoms with Crippen LogP contribution in [-0.2, 0) is 18.5 Å². The highest BCUT2D eigenvalue weighted by Crippen LogP contribution is 2.40. The molecule has 0 spiro atoms. The molecule has 0 aliphatic rings.